The Morgan fingerprint density at radius 2 is 1.74 bits per heavy atom. The number of esters is 1. The molecule has 0 saturated heterocycles. The second kappa shape index (κ2) is 9.96. The Bertz CT molecular complexity index is 818. The maximum Gasteiger partial charge on any atom is 0.344 e. The molecule has 7 nitrogen and oxygen atoms in total. The highest BCUT2D eigenvalue weighted by molar-refractivity contribution is 5.95. The first kappa shape index (κ1) is 20.0. The maximum atomic E-state index is 11.9. The standard InChI is InChI=1S/C20H21NO6/c1-3-25-18-10-5-4-9-17(18)21-19(23)12-27-20(24)13-26-16-8-6-7-15(11-16)14(2)22/h4-11H,3,12-13H2,1-2H3,(H,21,23). The molecule has 0 atom stereocenters. The monoisotopic (exact) mass is 371 g/mol. The topological polar surface area (TPSA) is 90.9 Å². The molecule has 2 aromatic rings. The number of rotatable bonds is 9. The van der Waals surface area contributed by atoms with E-state index in [4.69, 9.17) is 14.2 Å². The van der Waals surface area contributed by atoms with Crippen molar-refractivity contribution in [2.45, 2.75) is 13.8 Å². The zero-order chi connectivity index (χ0) is 19.6. The summed E-state index contributed by atoms with van der Waals surface area (Å²) in [5.74, 6) is -0.388. The number of benzene rings is 2. The van der Waals surface area contributed by atoms with Gasteiger partial charge in [0.15, 0.2) is 19.0 Å². The van der Waals surface area contributed by atoms with E-state index in [-0.39, 0.29) is 12.4 Å². The van der Waals surface area contributed by atoms with Gasteiger partial charge in [0.25, 0.3) is 5.91 Å². The second-order valence-corrected chi connectivity index (χ2v) is 5.51. The quantitative estimate of drug-likeness (QED) is 0.538. The lowest BCUT2D eigenvalue weighted by Crippen LogP contribution is -2.24. The molecule has 2 rings (SSSR count). The van der Waals surface area contributed by atoms with E-state index in [0.29, 0.717) is 29.4 Å². The summed E-state index contributed by atoms with van der Waals surface area (Å²) in [4.78, 5) is 35.0. The Morgan fingerprint density at radius 3 is 2.48 bits per heavy atom. The van der Waals surface area contributed by atoms with E-state index in [2.05, 4.69) is 5.32 Å². The summed E-state index contributed by atoms with van der Waals surface area (Å²) in [6.45, 7) is 2.92. The minimum absolute atomic E-state index is 0.105. The van der Waals surface area contributed by atoms with Crippen molar-refractivity contribution in [2.24, 2.45) is 0 Å². The smallest absolute Gasteiger partial charge is 0.344 e. The number of anilines is 1. The molecule has 0 bridgehead atoms. The van der Waals surface area contributed by atoms with Crippen LogP contribution in [0.4, 0.5) is 5.69 Å². The van der Waals surface area contributed by atoms with Gasteiger partial charge in [0.2, 0.25) is 0 Å². The Morgan fingerprint density at radius 1 is 0.963 bits per heavy atom. The maximum absolute atomic E-state index is 11.9. The summed E-state index contributed by atoms with van der Waals surface area (Å²) in [6, 6.07) is 13.4. The molecular formula is C20H21NO6. The number of ether oxygens (including phenoxy) is 3. The van der Waals surface area contributed by atoms with Gasteiger partial charge in [0.1, 0.15) is 11.5 Å². The number of ketones is 1. The van der Waals surface area contributed by atoms with Gasteiger partial charge in [-0.25, -0.2) is 4.79 Å². The van der Waals surface area contributed by atoms with Crippen LogP contribution in [0.3, 0.4) is 0 Å². The number of Topliss-reactive ketones (excluding diaryl/α,β-unsaturated/α-hetero) is 1. The van der Waals surface area contributed by atoms with Crippen molar-refractivity contribution in [3.05, 3.63) is 54.1 Å². The van der Waals surface area contributed by atoms with E-state index in [1.807, 2.05) is 6.92 Å². The van der Waals surface area contributed by atoms with Crippen LogP contribution in [0.25, 0.3) is 0 Å². The zero-order valence-electron chi connectivity index (χ0n) is 15.2. The van der Waals surface area contributed by atoms with E-state index in [1.54, 1.807) is 42.5 Å². The summed E-state index contributed by atoms with van der Waals surface area (Å²) in [6.07, 6.45) is 0. The first-order valence-electron chi connectivity index (χ1n) is 8.40. The predicted molar refractivity (Wildman–Crippen MR) is 99.1 cm³/mol. The third kappa shape index (κ3) is 6.47. The molecule has 0 aliphatic heterocycles. The Labute approximate surface area is 157 Å². The van der Waals surface area contributed by atoms with Crippen LogP contribution in [-0.2, 0) is 14.3 Å². The largest absolute Gasteiger partial charge is 0.492 e. The highest BCUT2D eigenvalue weighted by Gasteiger charge is 2.11. The number of carbonyl (C=O) groups is 3. The summed E-state index contributed by atoms with van der Waals surface area (Å²) >= 11 is 0. The minimum atomic E-state index is -0.698. The van der Waals surface area contributed by atoms with Gasteiger partial charge in [0.05, 0.1) is 12.3 Å². The fourth-order valence-electron chi connectivity index (χ4n) is 2.17. The fourth-order valence-corrected chi connectivity index (χ4v) is 2.17. The summed E-state index contributed by atoms with van der Waals surface area (Å²) in [7, 11) is 0. The van der Waals surface area contributed by atoms with Gasteiger partial charge in [-0.2, -0.15) is 0 Å². The fraction of sp³-hybridized carbons (Fsp3) is 0.250. The lowest BCUT2D eigenvalue weighted by atomic mass is 10.1. The first-order valence-corrected chi connectivity index (χ1v) is 8.40. The van der Waals surface area contributed by atoms with E-state index < -0.39 is 18.5 Å². The van der Waals surface area contributed by atoms with E-state index in [1.165, 1.54) is 13.0 Å². The van der Waals surface area contributed by atoms with Gasteiger partial charge in [-0.15, -0.1) is 0 Å². The van der Waals surface area contributed by atoms with Crippen LogP contribution in [0.5, 0.6) is 11.5 Å². The van der Waals surface area contributed by atoms with E-state index in [0.717, 1.165) is 0 Å². The highest BCUT2D eigenvalue weighted by Crippen LogP contribution is 2.23. The molecule has 2 aromatic carbocycles. The van der Waals surface area contributed by atoms with E-state index >= 15 is 0 Å². The molecule has 1 N–H and O–H groups in total. The molecule has 0 heterocycles. The van der Waals surface area contributed by atoms with Crippen LogP contribution in [-0.4, -0.2) is 37.5 Å². The van der Waals surface area contributed by atoms with Crippen LogP contribution in [0.15, 0.2) is 48.5 Å². The molecular weight excluding hydrogens is 350 g/mol. The summed E-state index contributed by atoms with van der Waals surface area (Å²) < 4.78 is 15.6. The van der Waals surface area contributed by atoms with Crippen molar-refractivity contribution in [3.63, 3.8) is 0 Å². The number of amides is 1. The molecule has 0 aliphatic rings. The van der Waals surface area contributed by atoms with Crippen molar-refractivity contribution in [1.29, 1.82) is 0 Å². The number of hydrogen-bond acceptors (Lipinski definition) is 6. The Kier molecular flexibility index (Phi) is 7.37. The highest BCUT2D eigenvalue weighted by atomic mass is 16.6. The predicted octanol–water partition coefficient (Wildman–Crippen LogP) is 2.85. The van der Waals surface area contributed by atoms with Gasteiger partial charge >= 0.3 is 5.97 Å². The third-order valence-electron chi connectivity index (χ3n) is 3.42. The molecule has 142 valence electrons. The minimum Gasteiger partial charge on any atom is -0.492 e. The van der Waals surface area contributed by atoms with Crippen molar-refractivity contribution < 1.29 is 28.6 Å². The molecule has 0 saturated carbocycles. The Balaban J connectivity index is 1.79. The number of para-hydroxylation sites is 2. The van der Waals surface area contributed by atoms with Crippen molar-refractivity contribution in [3.8, 4) is 11.5 Å². The number of nitrogens with one attached hydrogen (secondary N) is 1. The molecule has 1 amide bonds. The summed E-state index contributed by atoms with van der Waals surface area (Å²) in [5, 5.41) is 2.62. The van der Waals surface area contributed by atoms with Crippen LogP contribution in [0.1, 0.15) is 24.2 Å². The molecule has 0 aliphatic carbocycles. The van der Waals surface area contributed by atoms with Crippen LogP contribution >= 0.6 is 0 Å². The van der Waals surface area contributed by atoms with Gasteiger partial charge < -0.3 is 19.5 Å². The number of carbonyl (C=O) groups excluding carboxylic acids is 3. The average molecular weight is 371 g/mol. The van der Waals surface area contributed by atoms with Crippen LogP contribution < -0.4 is 14.8 Å². The second-order valence-electron chi connectivity index (χ2n) is 5.51. The molecule has 0 aromatic heterocycles. The molecule has 0 spiro atoms. The van der Waals surface area contributed by atoms with Gasteiger partial charge in [0, 0.05) is 5.56 Å². The first-order chi connectivity index (χ1) is 13.0. The van der Waals surface area contributed by atoms with Crippen molar-refractivity contribution in [1.82, 2.24) is 0 Å². The van der Waals surface area contributed by atoms with Gasteiger partial charge in [-0.1, -0.05) is 24.3 Å². The van der Waals surface area contributed by atoms with Crippen molar-refractivity contribution >= 4 is 23.3 Å². The lowest BCUT2D eigenvalue weighted by molar-refractivity contribution is -0.149. The molecule has 0 unspecified atom stereocenters. The number of hydrogen-bond donors (Lipinski definition) is 1. The van der Waals surface area contributed by atoms with Gasteiger partial charge in [-0.3, -0.25) is 9.59 Å². The van der Waals surface area contributed by atoms with E-state index in [9.17, 15) is 14.4 Å². The zero-order valence-corrected chi connectivity index (χ0v) is 15.2. The van der Waals surface area contributed by atoms with Crippen LogP contribution in [0.2, 0.25) is 0 Å². The molecule has 27 heavy (non-hydrogen) atoms. The normalized spacial score (nSPS) is 10.0. The van der Waals surface area contributed by atoms with Gasteiger partial charge in [-0.05, 0) is 38.1 Å². The Hall–Kier alpha value is -3.35. The lowest BCUT2D eigenvalue weighted by Gasteiger charge is -2.11. The molecule has 0 radical (unpaired) electrons. The van der Waals surface area contributed by atoms with Crippen molar-refractivity contribution in [2.75, 3.05) is 25.1 Å². The summed E-state index contributed by atoms with van der Waals surface area (Å²) in [5.41, 5.74) is 0.978. The average Bonchev–Trinajstić information content (AvgIpc) is 2.66. The van der Waals surface area contributed by atoms with Crippen LogP contribution in [0, 0.1) is 0 Å². The molecule has 7 heteroatoms. The SMILES string of the molecule is CCOc1ccccc1NC(=O)COC(=O)COc1cccc(C(C)=O)c1. The molecule has 0 fully saturated rings. The third-order valence-corrected chi connectivity index (χ3v) is 3.42.